The molecule has 0 aromatic carbocycles. The Labute approximate surface area is 137 Å². The topological polar surface area (TPSA) is 12.0 Å². The summed E-state index contributed by atoms with van der Waals surface area (Å²) in [5, 5.41) is 7.48. The van der Waals surface area contributed by atoms with Crippen LogP contribution in [0, 0.1) is 0 Å². The van der Waals surface area contributed by atoms with E-state index in [9.17, 15) is 0 Å². The number of halogens is 1. The minimum atomic E-state index is 0.610. The summed E-state index contributed by atoms with van der Waals surface area (Å²) in [6, 6.07) is 2.88. The van der Waals surface area contributed by atoms with E-state index in [-0.39, 0.29) is 0 Å². The first-order valence-electron chi connectivity index (χ1n) is 6.90. The Morgan fingerprint density at radius 2 is 2.21 bits per heavy atom. The predicted molar refractivity (Wildman–Crippen MR) is 96.0 cm³/mol. The highest BCUT2D eigenvalue weighted by atomic mass is 79.9. The van der Waals surface area contributed by atoms with Gasteiger partial charge in [-0.15, -0.1) is 11.3 Å². The van der Waals surface area contributed by atoms with Crippen LogP contribution < -0.4 is 5.32 Å². The molecule has 19 heavy (non-hydrogen) atoms. The van der Waals surface area contributed by atoms with Crippen molar-refractivity contribution in [2.75, 3.05) is 18.1 Å². The van der Waals surface area contributed by atoms with Crippen molar-refractivity contribution in [3.8, 4) is 0 Å². The number of thiophene rings is 1. The molecule has 5 heteroatoms. The summed E-state index contributed by atoms with van der Waals surface area (Å²) < 4.78 is 1.22. The van der Waals surface area contributed by atoms with Crippen LogP contribution in [0.2, 0.25) is 0 Å². The minimum absolute atomic E-state index is 0.610. The van der Waals surface area contributed by atoms with E-state index in [0.717, 1.165) is 17.0 Å². The average Bonchev–Trinajstić information content (AvgIpc) is 2.81. The van der Waals surface area contributed by atoms with Gasteiger partial charge in [0.1, 0.15) is 0 Å². The molecule has 1 aromatic heterocycles. The number of hydrogen-bond acceptors (Lipinski definition) is 4. The standard InChI is InChI=1S/C14H22BrNS3/c1-3-4-16-13(8-12-7-11(15)9-19-12)14-10(2)17-5-6-18-14/h7,9-10,13-14,16H,3-6,8H2,1-2H3. The second kappa shape index (κ2) is 8.32. The predicted octanol–water partition coefficient (Wildman–Crippen LogP) is 4.66. The van der Waals surface area contributed by atoms with Crippen LogP contribution in [0.5, 0.6) is 0 Å². The Balaban J connectivity index is 2.01. The maximum absolute atomic E-state index is 3.78. The Morgan fingerprint density at radius 1 is 1.42 bits per heavy atom. The molecule has 0 radical (unpaired) electrons. The average molecular weight is 380 g/mol. The molecule has 1 fully saturated rings. The summed E-state index contributed by atoms with van der Waals surface area (Å²) >= 11 is 9.74. The van der Waals surface area contributed by atoms with Crippen molar-refractivity contribution in [2.24, 2.45) is 0 Å². The molecule has 1 N–H and O–H groups in total. The van der Waals surface area contributed by atoms with Gasteiger partial charge < -0.3 is 5.32 Å². The van der Waals surface area contributed by atoms with Gasteiger partial charge in [-0.1, -0.05) is 13.8 Å². The highest BCUT2D eigenvalue weighted by Gasteiger charge is 2.30. The summed E-state index contributed by atoms with van der Waals surface area (Å²) in [5.74, 6) is 2.62. The molecule has 0 amide bonds. The van der Waals surface area contributed by atoms with Crippen LogP contribution in [0.25, 0.3) is 0 Å². The monoisotopic (exact) mass is 379 g/mol. The van der Waals surface area contributed by atoms with E-state index in [0.29, 0.717) is 6.04 Å². The van der Waals surface area contributed by atoms with Gasteiger partial charge in [0.2, 0.25) is 0 Å². The molecule has 3 unspecified atom stereocenters. The van der Waals surface area contributed by atoms with Crippen LogP contribution in [0.3, 0.4) is 0 Å². The quantitative estimate of drug-likeness (QED) is 0.771. The molecule has 2 rings (SSSR count). The maximum atomic E-state index is 3.78. The molecule has 1 saturated heterocycles. The highest BCUT2D eigenvalue weighted by molar-refractivity contribution is 9.10. The van der Waals surface area contributed by atoms with E-state index in [2.05, 4.69) is 70.1 Å². The molecular formula is C14H22BrNS3. The van der Waals surface area contributed by atoms with Gasteiger partial charge in [0.05, 0.1) is 0 Å². The molecule has 1 aliphatic heterocycles. The molecule has 3 atom stereocenters. The molecule has 0 bridgehead atoms. The van der Waals surface area contributed by atoms with Gasteiger partial charge in [-0.3, -0.25) is 0 Å². The Morgan fingerprint density at radius 3 is 2.84 bits per heavy atom. The smallest absolute Gasteiger partial charge is 0.0321 e. The lowest BCUT2D eigenvalue weighted by Gasteiger charge is -2.35. The molecule has 1 aliphatic rings. The number of rotatable bonds is 6. The van der Waals surface area contributed by atoms with Gasteiger partial charge in [0.15, 0.2) is 0 Å². The summed E-state index contributed by atoms with van der Waals surface area (Å²) in [6.07, 6.45) is 2.38. The fraction of sp³-hybridized carbons (Fsp3) is 0.714. The zero-order valence-corrected chi connectivity index (χ0v) is 15.6. The van der Waals surface area contributed by atoms with Crippen LogP contribution in [-0.4, -0.2) is 34.6 Å². The number of hydrogen-bond donors (Lipinski definition) is 1. The molecular weight excluding hydrogens is 358 g/mol. The van der Waals surface area contributed by atoms with E-state index in [1.807, 2.05) is 11.3 Å². The van der Waals surface area contributed by atoms with E-state index >= 15 is 0 Å². The lowest BCUT2D eigenvalue weighted by Crippen LogP contribution is -2.45. The van der Waals surface area contributed by atoms with Crippen LogP contribution in [0.4, 0.5) is 0 Å². The van der Waals surface area contributed by atoms with Crippen molar-refractivity contribution in [1.82, 2.24) is 5.32 Å². The minimum Gasteiger partial charge on any atom is -0.312 e. The van der Waals surface area contributed by atoms with Crippen LogP contribution in [-0.2, 0) is 6.42 Å². The van der Waals surface area contributed by atoms with Gasteiger partial charge in [0.25, 0.3) is 0 Å². The fourth-order valence-electron chi connectivity index (χ4n) is 2.40. The van der Waals surface area contributed by atoms with Crippen molar-refractivity contribution in [3.63, 3.8) is 0 Å². The van der Waals surface area contributed by atoms with Crippen molar-refractivity contribution >= 4 is 50.8 Å². The van der Waals surface area contributed by atoms with Crippen LogP contribution in [0.1, 0.15) is 25.1 Å². The van der Waals surface area contributed by atoms with Gasteiger partial charge in [0, 0.05) is 42.8 Å². The number of thioether (sulfide) groups is 2. The third-order valence-corrected chi connectivity index (χ3v) is 8.30. The zero-order chi connectivity index (χ0) is 13.7. The van der Waals surface area contributed by atoms with E-state index in [4.69, 9.17) is 0 Å². The van der Waals surface area contributed by atoms with Gasteiger partial charge >= 0.3 is 0 Å². The van der Waals surface area contributed by atoms with Crippen molar-refractivity contribution in [3.05, 3.63) is 20.8 Å². The molecule has 1 nitrogen and oxygen atoms in total. The van der Waals surface area contributed by atoms with Crippen LogP contribution >= 0.6 is 50.8 Å². The third kappa shape index (κ3) is 4.95. The second-order valence-electron chi connectivity index (χ2n) is 4.91. The highest BCUT2D eigenvalue weighted by Crippen LogP contribution is 2.34. The molecule has 2 heterocycles. The molecule has 0 spiro atoms. The first-order chi connectivity index (χ1) is 9.20. The van der Waals surface area contributed by atoms with Crippen molar-refractivity contribution in [2.45, 2.75) is 43.2 Å². The SMILES string of the molecule is CCCNC(Cc1cc(Br)cs1)C1SCCSC1C. The third-order valence-electron chi connectivity index (χ3n) is 3.33. The van der Waals surface area contributed by atoms with Crippen molar-refractivity contribution in [1.29, 1.82) is 0 Å². The first-order valence-corrected chi connectivity index (χ1v) is 10.7. The van der Waals surface area contributed by atoms with Gasteiger partial charge in [-0.25, -0.2) is 0 Å². The molecule has 108 valence electrons. The Kier molecular flexibility index (Phi) is 7.10. The molecule has 1 aromatic rings. The van der Waals surface area contributed by atoms with Crippen molar-refractivity contribution < 1.29 is 0 Å². The lowest BCUT2D eigenvalue weighted by atomic mass is 10.1. The molecule has 0 aliphatic carbocycles. The van der Waals surface area contributed by atoms with Gasteiger partial charge in [-0.05, 0) is 41.4 Å². The summed E-state index contributed by atoms with van der Waals surface area (Å²) in [4.78, 5) is 1.49. The summed E-state index contributed by atoms with van der Waals surface area (Å²) in [7, 11) is 0. The van der Waals surface area contributed by atoms with E-state index < -0.39 is 0 Å². The van der Waals surface area contributed by atoms with E-state index in [1.54, 1.807) is 0 Å². The summed E-state index contributed by atoms with van der Waals surface area (Å²) in [5.41, 5.74) is 0. The fourth-order valence-corrected chi connectivity index (χ4v) is 6.87. The largest absolute Gasteiger partial charge is 0.312 e. The zero-order valence-electron chi connectivity index (χ0n) is 11.5. The maximum Gasteiger partial charge on any atom is 0.0321 e. The lowest BCUT2D eigenvalue weighted by molar-refractivity contribution is 0.489. The number of nitrogens with one attached hydrogen (secondary N) is 1. The van der Waals surface area contributed by atoms with E-state index in [1.165, 1.54) is 33.7 Å². The second-order valence-corrected chi connectivity index (χ2v) is 9.59. The normalized spacial score (nSPS) is 25.4. The molecule has 0 saturated carbocycles. The first kappa shape index (κ1) is 16.2. The van der Waals surface area contributed by atoms with Gasteiger partial charge in [-0.2, -0.15) is 23.5 Å². The Bertz CT molecular complexity index is 383. The Hall–Kier alpha value is 0.840. The van der Waals surface area contributed by atoms with Crippen LogP contribution in [0.15, 0.2) is 15.9 Å². The summed E-state index contributed by atoms with van der Waals surface area (Å²) in [6.45, 7) is 5.77.